The number of anilines is 1. The van der Waals surface area contributed by atoms with Gasteiger partial charge in [-0.1, -0.05) is 24.3 Å². The van der Waals surface area contributed by atoms with E-state index in [0.29, 0.717) is 29.6 Å². The molecule has 1 amide bonds. The number of nitrogens with zero attached hydrogens (tertiary/aromatic N) is 2. The van der Waals surface area contributed by atoms with Gasteiger partial charge in [0, 0.05) is 29.8 Å². The first kappa shape index (κ1) is 25.0. The molecular formula is C25H25ClN2O6. The molecule has 3 aromatic carbocycles. The molecule has 34 heavy (non-hydrogen) atoms. The zero-order valence-electron chi connectivity index (χ0n) is 19.0. The lowest BCUT2D eigenvalue weighted by Gasteiger charge is -2.25. The summed E-state index contributed by atoms with van der Waals surface area (Å²) in [5.74, 6) is 1.54. The van der Waals surface area contributed by atoms with Crippen molar-refractivity contribution >= 4 is 46.3 Å². The fourth-order valence-electron chi connectivity index (χ4n) is 3.82. The van der Waals surface area contributed by atoms with Crippen LogP contribution in [0.3, 0.4) is 0 Å². The summed E-state index contributed by atoms with van der Waals surface area (Å²) in [7, 11) is 0. The van der Waals surface area contributed by atoms with Gasteiger partial charge in [0.25, 0.3) is 6.47 Å². The quantitative estimate of drug-likeness (QED) is 0.248. The molecule has 0 fully saturated rings. The van der Waals surface area contributed by atoms with Crippen LogP contribution in [0.1, 0.15) is 32.3 Å². The average molecular weight is 485 g/mol. The first-order valence-electron chi connectivity index (χ1n) is 10.5. The molecule has 1 heterocycles. The minimum absolute atomic E-state index is 0.0129. The predicted molar refractivity (Wildman–Crippen MR) is 132 cm³/mol. The number of rotatable bonds is 4. The molecule has 0 spiro atoms. The number of benzene rings is 3. The third-order valence-electron chi connectivity index (χ3n) is 5.10. The van der Waals surface area contributed by atoms with E-state index < -0.39 is 11.7 Å². The van der Waals surface area contributed by atoms with E-state index in [1.54, 1.807) is 29.2 Å². The number of hydrogen-bond acceptors (Lipinski definition) is 6. The normalized spacial score (nSPS) is 14.6. The van der Waals surface area contributed by atoms with Gasteiger partial charge in [-0.15, -0.1) is 16.5 Å². The Labute approximate surface area is 202 Å². The van der Waals surface area contributed by atoms with Crippen LogP contribution in [-0.2, 0) is 9.53 Å². The Morgan fingerprint density at radius 2 is 1.79 bits per heavy atom. The molecule has 1 N–H and O–H groups in total. The van der Waals surface area contributed by atoms with Crippen LogP contribution in [0.4, 0.5) is 16.2 Å². The summed E-state index contributed by atoms with van der Waals surface area (Å²) in [6.07, 6.45) is -0.413. The van der Waals surface area contributed by atoms with Crippen molar-refractivity contribution in [1.29, 1.82) is 0 Å². The minimum Gasteiger partial charge on any atom is -0.483 e. The summed E-state index contributed by atoms with van der Waals surface area (Å²) in [6.45, 7) is 5.72. The van der Waals surface area contributed by atoms with Crippen molar-refractivity contribution in [2.75, 3.05) is 17.3 Å². The largest absolute Gasteiger partial charge is 0.483 e. The van der Waals surface area contributed by atoms with E-state index in [2.05, 4.69) is 5.18 Å². The van der Waals surface area contributed by atoms with Gasteiger partial charge in [0.1, 0.15) is 22.8 Å². The molecule has 1 unspecified atom stereocenters. The van der Waals surface area contributed by atoms with Crippen LogP contribution in [0, 0.1) is 4.91 Å². The van der Waals surface area contributed by atoms with Gasteiger partial charge in [-0.3, -0.25) is 9.69 Å². The Morgan fingerprint density at radius 1 is 1.18 bits per heavy atom. The van der Waals surface area contributed by atoms with Crippen LogP contribution in [0.2, 0.25) is 0 Å². The Bertz CT molecular complexity index is 1190. The van der Waals surface area contributed by atoms with Gasteiger partial charge in [-0.25, -0.2) is 4.79 Å². The third kappa shape index (κ3) is 5.46. The van der Waals surface area contributed by atoms with Crippen molar-refractivity contribution in [2.45, 2.75) is 32.3 Å². The highest BCUT2D eigenvalue weighted by atomic mass is 35.5. The summed E-state index contributed by atoms with van der Waals surface area (Å²) >= 11 is 6.29. The first-order valence-corrected chi connectivity index (χ1v) is 11.1. The number of carboxylic acid groups (broad SMARTS) is 1. The second kappa shape index (κ2) is 10.5. The molecule has 0 saturated heterocycles. The molecule has 0 radical (unpaired) electrons. The number of fused-ring (bicyclic) bond motifs is 3. The molecule has 1 aliphatic heterocycles. The minimum atomic E-state index is -0.610. The lowest BCUT2D eigenvalue weighted by Crippen LogP contribution is -2.36. The van der Waals surface area contributed by atoms with Crippen molar-refractivity contribution in [3.8, 4) is 11.5 Å². The van der Waals surface area contributed by atoms with E-state index >= 15 is 0 Å². The van der Waals surface area contributed by atoms with E-state index in [1.807, 2.05) is 51.1 Å². The fourth-order valence-corrected chi connectivity index (χ4v) is 4.07. The van der Waals surface area contributed by atoms with Crippen molar-refractivity contribution in [1.82, 2.24) is 0 Å². The van der Waals surface area contributed by atoms with Crippen LogP contribution in [0.25, 0.3) is 10.8 Å². The van der Waals surface area contributed by atoms with E-state index in [9.17, 15) is 9.70 Å². The molecule has 3 aromatic rings. The number of amides is 1. The molecule has 0 bridgehead atoms. The van der Waals surface area contributed by atoms with Gasteiger partial charge in [0.2, 0.25) is 0 Å². The Hall–Kier alpha value is -3.65. The highest BCUT2D eigenvalue weighted by Gasteiger charge is 2.36. The highest BCUT2D eigenvalue weighted by molar-refractivity contribution is 6.19. The molecule has 0 aliphatic carbocycles. The van der Waals surface area contributed by atoms with Crippen LogP contribution in [-0.4, -0.2) is 35.7 Å². The summed E-state index contributed by atoms with van der Waals surface area (Å²) in [5.41, 5.74) is 1.47. The molecule has 4 rings (SSSR count). The van der Waals surface area contributed by atoms with Crippen molar-refractivity contribution in [3.63, 3.8) is 0 Å². The molecule has 0 aromatic heterocycles. The number of halogens is 1. The molecule has 1 atom stereocenters. The third-order valence-corrected chi connectivity index (χ3v) is 5.47. The van der Waals surface area contributed by atoms with Crippen molar-refractivity contribution in [3.05, 3.63) is 65.1 Å². The Kier molecular flexibility index (Phi) is 7.73. The maximum atomic E-state index is 12.9. The van der Waals surface area contributed by atoms with Crippen LogP contribution >= 0.6 is 11.6 Å². The van der Waals surface area contributed by atoms with Crippen molar-refractivity contribution in [2.24, 2.45) is 5.18 Å². The number of carbonyl (C=O) groups excluding carboxylic acids is 1. The fraction of sp³-hybridized carbons (Fsp3) is 0.280. The molecule has 8 nitrogen and oxygen atoms in total. The zero-order chi connectivity index (χ0) is 24.9. The molecule has 1 aliphatic rings. The predicted octanol–water partition coefficient (Wildman–Crippen LogP) is 6.81. The lowest BCUT2D eigenvalue weighted by molar-refractivity contribution is -0.122. The van der Waals surface area contributed by atoms with Crippen LogP contribution < -0.4 is 9.64 Å². The first-order chi connectivity index (χ1) is 16.2. The molecular weight excluding hydrogens is 460 g/mol. The molecule has 178 valence electrons. The Balaban J connectivity index is 0.00000103. The van der Waals surface area contributed by atoms with E-state index in [4.69, 9.17) is 31.0 Å². The van der Waals surface area contributed by atoms with Gasteiger partial charge in [0.05, 0.1) is 5.69 Å². The Morgan fingerprint density at radius 3 is 2.35 bits per heavy atom. The number of hydrogen-bond donors (Lipinski definition) is 1. The second-order valence-corrected chi connectivity index (χ2v) is 8.90. The topological polar surface area (TPSA) is 105 Å². The number of nitroso groups, excluding NO2 is 1. The summed E-state index contributed by atoms with van der Waals surface area (Å²) in [5, 5.41) is 11.7. The highest BCUT2D eigenvalue weighted by Crippen LogP contribution is 2.46. The van der Waals surface area contributed by atoms with Crippen LogP contribution in [0.15, 0.2) is 59.8 Å². The van der Waals surface area contributed by atoms with Crippen LogP contribution in [0.5, 0.6) is 11.5 Å². The number of alkyl halides is 1. The van der Waals surface area contributed by atoms with Crippen molar-refractivity contribution < 1.29 is 24.2 Å². The standard InChI is InChI=1S/C24H23ClN2O4.CH2O2/c1-24(2,3)31-23(28)27-14-15(13-25)22-19-7-5-4-6-18(19)21(12-20(22)27)30-17-10-8-16(26-29)9-11-17;2-1-3/h4-12,15H,13-14H2,1-3H3;1H,(H,2,3). The average Bonchev–Trinajstić information content (AvgIpc) is 3.18. The summed E-state index contributed by atoms with van der Waals surface area (Å²) in [4.78, 5) is 33.6. The van der Waals surface area contributed by atoms with Gasteiger partial charge in [-0.05, 0) is 61.2 Å². The maximum absolute atomic E-state index is 12.9. The SMILES string of the molecule is CC(C)(C)OC(=O)N1CC(CCl)c2c1cc(Oc1ccc(N=O)cc1)c1ccccc21.O=CO. The van der Waals surface area contributed by atoms with E-state index in [1.165, 1.54) is 0 Å². The van der Waals surface area contributed by atoms with Gasteiger partial charge < -0.3 is 14.6 Å². The monoisotopic (exact) mass is 484 g/mol. The summed E-state index contributed by atoms with van der Waals surface area (Å²) in [6, 6.07) is 16.3. The maximum Gasteiger partial charge on any atom is 0.414 e. The van der Waals surface area contributed by atoms with E-state index in [0.717, 1.165) is 22.0 Å². The molecule has 9 heteroatoms. The summed E-state index contributed by atoms with van der Waals surface area (Å²) < 4.78 is 11.8. The smallest absolute Gasteiger partial charge is 0.414 e. The lowest BCUT2D eigenvalue weighted by atomic mass is 9.95. The number of ether oxygens (including phenoxy) is 2. The van der Waals surface area contributed by atoms with E-state index in [-0.39, 0.29) is 12.4 Å². The number of carbonyl (C=O) groups is 2. The molecule has 0 saturated carbocycles. The zero-order valence-corrected chi connectivity index (χ0v) is 19.8. The second-order valence-electron chi connectivity index (χ2n) is 8.59. The van der Waals surface area contributed by atoms with Gasteiger partial charge >= 0.3 is 6.09 Å². The van der Waals surface area contributed by atoms with Gasteiger partial charge in [-0.2, -0.15) is 0 Å². The van der Waals surface area contributed by atoms with Gasteiger partial charge in [0.15, 0.2) is 0 Å².